The lowest BCUT2D eigenvalue weighted by Gasteiger charge is -2.39. The number of anilines is 1. The van der Waals surface area contributed by atoms with Gasteiger partial charge in [-0.1, -0.05) is 0 Å². The summed E-state index contributed by atoms with van der Waals surface area (Å²) in [6.07, 6.45) is 1.69. The van der Waals surface area contributed by atoms with Gasteiger partial charge in [-0.3, -0.25) is 4.79 Å². The first-order chi connectivity index (χ1) is 9.41. The molecule has 110 valence electrons. The quantitative estimate of drug-likeness (QED) is 0.900. The van der Waals surface area contributed by atoms with Gasteiger partial charge in [-0.05, 0) is 44.1 Å². The van der Waals surface area contributed by atoms with E-state index in [-0.39, 0.29) is 11.9 Å². The summed E-state index contributed by atoms with van der Waals surface area (Å²) in [4.78, 5) is 25.2. The molecule has 6 heteroatoms. The molecule has 2 amide bonds. The highest BCUT2D eigenvalue weighted by Crippen LogP contribution is 2.34. The van der Waals surface area contributed by atoms with Crippen LogP contribution in [0.2, 0.25) is 0 Å². The van der Waals surface area contributed by atoms with E-state index in [4.69, 9.17) is 0 Å². The molecule has 1 aliphatic rings. The fourth-order valence-electron chi connectivity index (χ4n) is 2.46. The van der Waals surface area contributed by atoms with Crippen molar-refractivity contribution in [1.29, 1.82) is 0 Å². The Morgan fingerprint density at radius 1 is 1.50 bits per heavy atom. The number of aliphatic carboxylic acids is 1. The van der Waals surface area contributed by atoms with E-state index in [9.17, 15) is 14.7 Å². The Morgan fingerprint density at radius 3 is 2.85 bits per heavy atom. The number of carboxylic acids is 1. The van der Waals surface area contributed by atoms with Crippen LogP contribution in [-0.2, 0) is 4.79 Å². The molecule has 2 heterocycles. The van der Waals surface area contributed by atoms with Crippen LogP contribution in [-0.4, -0.2) is 35.1 Å². The van der Waals surface area contributed by atoms with Crippen molar-refractivity contribution in [3.63, 3.8) is 0 Å². The van der Waals surface area contributed by atoms with Gasteiger partial charge in [0, 0.05) is 18.5 Å². The average molecular weight is 296 g/mol. The molecule has 1 aromatic rings. The van der Waals surface area contributed by atoms with E-state index < -0.39 is 11.4 Å². The third-order valence-corrected chi connectivity index (χ3v) is 4.74. The molecule has 0 bridgehead atoms. The lowest BCUT2D eigenvalue weighted by molar-refractivity contribution is -0.151. The Bertz CT molecular complexity index is 485. The highest BCUT2D eigenvalue weighted by molar-refractivity contribution is 7.08. The molecule has 1 aliphatic heterocycles. The number of likely N-dealkylation sites (tertiary alicyclic amines) is 1. The first-order valence-corrected chi connectivity index (χ1v) is 7.67. The first kappa shape index (κ1) is 14.8. The molecule has 1 saturated heterocycles. The number of hydrogen-bond acceptors (Lipinski definition) is 3. The predicted octanol–water partition coefficient (Wildman–Crippen LogP) is 3.10. The molecule has 2 N–H and O–H groups in total. The number of carboxylic acid groups (broad SMARTS) is 1. The number of carbonyl (C=O) groups excluding carboxylic acids is 1. The van der Waals surface area contributed by atoms with E-state index in [0.717, 1.165) is 18.5 Å². The normalized spacial score (nSPS) is 19.7. The maximum Gasteiger partial charge on any atom is 0.321 e. The number of piperidine rings is 1. The highest BCUT2D eigenvalue weighted by Gasteiger charge is 2.40. The number of carbonyl (C=O) groups is 2. The Balaban J connectivity index is 2.00. The molecule has 2 rings (SSSR count). The molecule has 1 aromatic heterocycles. The zero-order valence-electron chi connectivity index (χ0n) is 11.8. The molecule has 0 saturated carbocycles. The van der Waals surface area contributed by atoms with Crippen LogP contribution in [0.1, 0.15) is 26.7 Å². The van der Waals surface area contributed by atoms with E-state index >= 15 is 0 Å². The number of urea groups is 1. The molecule has 1 unspecified atom stereocenters. The van der Waals surface area contributed by atoms with Crippen molar-refractivity contribution >= 4 is 29.0 Å². The van der Waals surface area contributed by atoms with Crippen molar-refractivity contribution < 1.29 is 14.7 Å². The molecule has 0 radical (unpaired) electrons. The van der Waals surface area contributed by atoms with Crippen LogP contribution in [0.25, 0.3) is 0 Å². The zero-order valence-corrected chi connectivity index (χ0v) is 12.6. The number of hydrogen-bond donors (Lipinski definition) is 2. The molecule has 1 fully saturated rings. The molecule has 0 spiro atoms. The van der Waals surface area contributed by atoms with Crippen molar-refractivity contribution in [2.24, 2.45) is 11.3 Å². The summed E-state index contributed by atoms with van der Waals surface area (Å²) in [7, 11) is 0. The number of nitrogens with one attached hydrogen (secondary N) is 1. The van der Waals surface area contributed by atoms with E-state index in [1.807, 2.05) is 16.8 Å². The molecule has 1 atom stereocenters. The fraction of sp³-hybridized carbons (Fsp3) is 0.571. The van der Waals surface area contributed by atoms with Crippen molar-refractivity contribution in [3.05, 3.63) is 16.8 Å². The molecule has 20 heavy (non-hydrogen) atoms. The van der Waals surface area contributed by atoms with Crippen LogP contribution >= 0.6 is 11.3 Å². The largest absolute Gasteiger partial charge is 0.481 e. The Labute approximate surface area is 122 Å². The van der Waals surface area contributed by atoms with Gasteiger partial charge in [0.2, 0.25) is 0 Å². The summed E-state index contributed by atoms with van der Waals surface area (Å²) in [5.41, 5.74) is -0.0129. The van der Waals surface area contributed by atoms with Gasteiger partial charge in [0.05, 0.1) is 11.1 Å². The van der Waals surface area contributed by atoms with Gasteiger partial charge in [-0.15, -0.1) is 0 Å². The monoisotopic (exact) mass is 296 g/mol. The van der Waals surface area contributed by atoms with Crippen LogP contribution in [0.4, 0.5) is 10.5 Å². The van der Waals surface area contributed by atoms with Crippen LogP contribution in [0.15, 0.2) is 16.8 Å². The van der Waals surface area contributed by atoms with E-state index in [1.54, 1.807) is 18.7 Å². The maximum absolute atomic E-state index is 12.2. The third-order valence-electron chi connectivity index (χ3n) is 4.05. The topological polar surface area (TPSA) is 69.6 Å². The van der Waals surface area contributed by atoms with Gasteiger partial charge in [0.1, 0.15) is 0 Å². The summed E-state index contributed by atoms with van der Waals surface area (Å²) in [6, 6.07) is 1.71. The lowest BCUT2D eigenvalue weighted by atomic mass is 9.74. The first-order valence-electron chi connectivity index (χ1n) is 6.73. The minimum Gasteiger partial charge on any atom is -0.481 e. The van der Waals surface area contributed by atoms with Gasteiger partial charge >= 0.3 is 12.0 Å². The van der Waals surface area contributed by atoms with Gasteiger partial charge in [-0.2, -0.15) is 11.3 Å². The minimum absolute atomic E-state index is 0.0121. The van der Waals surface area contributed by atoms with E-state index in [0.29, 0.717) is 13.1 Å². The molecule has 5 nitrogen and oxygen atoms in total. The van der Waals surface area contributed by atoms with Crippen molar-refractivity contribution in [2.75, 3.05) is 18.4 Å². The lowest BCUT2D eigenvalue weighted by Crippen LogP contribution is -2.48. The highest BCUT2D eigenvalue weighted by atomic mass is 32.1. The summed E-state index contributed by atoms with van der Waals surface area (Å²) < 4.78 is 0. The Kier molecular flexibility index (Phi) is 4.32. The number of amides is 2. The number of rotatable bonds is 3. The van der Waals surface area contributed by atoms with Gasteiger partial charge in [0.15, 0.2) is 0 Å². The molecule has 0 aliphatic carbocycles. The summed E-state index contributed by atoms with van der Waals surface area (Å²) >= 11 is 1.53. The second kappa shape index (κ2) is 5.83. The van der Waals surface area contributed by atoms with E-state index in [2.05, 4.69) is 5.32 Å². The number of nitrogens with zero attached hydrogens (tertiary/aromatic N) is 1. The Hall–Kier alpha value is -1.56. The molecular formula is C14H20N2O3S. The molecular weight excluding hydrogens is 276 g/mol. The predicted molar refractivity (Wildman–Crippen MR) is 79.1 cm³/mol. The van der Waals surface area contributed by atoms with Crippen molar-refractivity contribution in [3.8, 4) is 0 Å². The number of thiophene rings is 1. The smallest absolute Gasteiger partial charge is 0.321 e. The van der Waals surface area contributed by atoms with Gasteiger partial charge in [0.25, 0.3) is 0 Å². The summed E-state index contributed by atoms with van der Waals surface area (Å²) in [5, 5.41) is 15.9. The summed E-state index contributed by atoms with van der Waals surface area (Å²) in [6.45, 7) is 4.65. The van der Waals surface area contributed by atoms with Crippen LogP contribution in [0.5, 0.6) is 0 Å². The zero-order chi connectivity index (χ0) is 14.8. The van der Waals surface area contributed by atoms with Crippen molar-refractivity contribution in [2.45, 2.75) is 26.7 Å². The standard InChI is InChI=1S/C14H20N2O3S/c1-14(2,12(17)18)10-4-3-6-16(8-10)13(19)15-11-5-7-20-9-11/h5,7,9-10H,3-4,6,8H2,1-2H3,(H,15,19)(H,17,18). The van der Waals surface area contributed by atoms with Gasteiger partial charge in [-0.25, -0.2) is 4.79 Å². The maximum atomic E-state index is 12.2. The minimum atomic E-state index is -0.804. The fourth-order valence-corrected chi connectivity index (χ4v) is 3.05. The third kappa shape index (κ3) is 3.12. The van der Waals surface area contributed by atoms with Crippen molar-refractivity contribution in [1.82, 2.24) is 4.90 Å². The SMILES string of the molecule is CC(C)(C(=O)O)C1CCCN(C(=O)Nc2ccsc2)C1. The van der Waals surface area contributed by atoms with E-state index in [1.165, 1.54) is 11.3 Å². The van der Waals surface area contributed by atoms with Crippen LogP contribution < -0.4 is 5.32 Å². The van der Waals surface area contributed by atoms with Crippen LogP contribution in [0.3, 0.4) is 0 Å². The van der Waals surface area contributed by atoms with Gasteiger partial charge < -0.3 is 15.3 Å². The average Bonchev–Trinajstić information content (AvgIpc) is 2.91. The Morgan fingerprint density at radius 2 is 2.25 bits per heavy atom. The second-order valence-corrected chi connectivity index (χ2v) is 6.53. The summed E-state index contributed by atoms with van der Waals surface area (Å²) in [5.74, 6) is -0.815. The van der Waals surface area contributed by atoms with Crippen LogP contribution in [0, 0.1) is 11.3 Å². The second-order valence-electron chi connectivity index (χ2n) is 5.75. The molecule has 0 aromatic carbocycles.